The van der Waals surface area contributed by atoms with E-state index in [1.165, 1.54) is 7.11 Å². The molecule has 3 nitrogen and oxygen atoms in total. The number of hydrogen-bond donors (Lipinski definition) is 0. The molecule has 0 heterocycles. The van der Waals surface area contributed by atoms with Crippen LogP contribution in [0.25, 0.3) is 0 Å². The maximum absolute atomic E-state index is 11.9. The van der Waals surface area contributed by atoms with Gasteiger partial charge in [-0.25, -0.2) is 0 Å². The summed E-state index contributed by atoms with van der Waals surface area (Å²) in [4.78, 5) is 11.9. The van der Waals surface area contributed by atoms with Crippen molar-refractivity contribution < 1.29 is 14.3 Å². The van der Waals surface area contributed by atoms with Crippen molar-refractivity contribution in [3.05, 3.63) is 0 Å². The molecular formula is C14H22O3. The first-order valence-electron chi connectivity index (χ1n) is 6.48. The van der Waals surface area contributed by atoms with E-state index in [2.05, 4.69) is 20.8 Å². The van der Waals surface area contributed by atoms with Gasteiger partial charge >= 0.3 is 5.97 Å². The zero-order chi connectivity index (χ0) is 12.6. The predicted octanol–water partition coefficient (Wildman–Crippen LogP) is 2.25. The minimum absolute atomic E-state index is 0.00375. The topological polar surface area (TPSA) is 35.5 Å². The maximum Gasteiger partial charge on any atom is 0.312 e. The fraction of sp³-hybridized carbons (Fsp3) is 0.929. The number of ether oxygens (including phenoxy) is 2. The van der Waals surface area contributed by atoms with Crippen LogP contribution in [0.15, 0.2) is 0 Å². The van der Waals surface area contributed by atoms with Crippen LogP contribution in [0.2, 0.25) is 0 Å². The van der Waals surface area contributed by atoms with Crippen molar-refractivity contribution in [2.24, 2.45) is 28.6 Å². The zero-order valence-electron chi connectivity index (χ0n) is 11.4. The van der Waals surface area contributed by atoms with Crippen molar-refractivity contribution in [3.8, 4) is 0 Å². The number of esters is 1. The quantitative estimate of drug-likeness (QED) is 0.692. The fourth-order valence-corrected chi connectivity index (χ4v) is 4.82. The summed E-state index contributed by atoms with van der Waals surface area (Å²) in [6.45, 7) is 6.88. The van der Waals surface area contributed by atoms with Crippen molar-refractivity contribution in [2.45, 2.75) is 39.2 Å². The van der Waals surface area contributed by atoms with Gasteiger partial charge in [0.05, 0.1) is 18.6 Å². The van der Waals surface area contributed by atoms with E-state index in [1.54, 1.807) is 7.11 Å². The van der Waals surface area contributed by atoms with E-state index >= 15 is 0 Å². The molecule has 96 valence electrons. The van der Waals surface area contributed by atoms with Gasteiger partial charge < -0.3 is 9.47 Å². The van der Waals surface area contributed by atoms with Gasteiger partial charge in [-0.15, -0.1) is 0 Å². The van der Waals surface area contributed by atoms with E-state index in [1.807, 2.05) is 0 Å². The number of methoxy groups -OCH3 is 2. The highest BCUT2D eigenvalue weighted by molar-refractivity contribution is 5.80. The van der Waals surface area contributed by atoms with Gasteiger partial charge in [-0.05, 0) is 30.1 Å². The molecule has 3 saturated carbocycles. The molecule has 3 fully saturated rings. The first kappa shape index (κ1) is 11.5. The Balaban J connectivity index is 1.90. The molecule has 0 aromatic rings. The fourth-order valence-electron chi connectivity index (χ4n) is 4.82. The Bertz CT molecular complexity index is 389. The summed E-state index contributed by atoms with van der Waals surface area (Å²) in [6.07, 6.45) is 2.13. The van der Waals surface area contributed by atoms with Crippen LogP contribution < -0.4 is 0 Å². The molecule has 3 heteroatoms. The Hall–Kier alpha value is -0.570. The van der Waals surface area contributed by atoms with E-state index in [-0.39, 0.29) is 22.9 Å². The summed E-state index contributed by atoms with van der Waals surface area (Å²) < 4.78 is 10.7. The molecule has 0 N–H and O–H groups in total. The van der Waals surface area contributed by atoms with Crippen molar-refractivity contribution in [2.75, 3.05) is 14.2 Å². The van der Waals surface area contributed by atoms with E-state index in [9.17, 15) is 4.79 Å². The molecule has 0 bridgehead atoms. The summed E-state index contributed by atoms with van der Waals surface area (Å²) in [5.41, 5.74) is 0.210. The van der Waals surface area contributed by atoms with Crippen LogP contribution in [0, 0.1) is 28.6 Å². The van der Waals surface area contributed by atoms with Crippen molar-refractivity contribution in [1.29, 1.82) is 0 Å². The van der Waals surface area contributed by atoms with E-state index in [4.69, 9.17) is 9.47 Å². The first-order chi connectivity index (χ1) is 7.85. The summed E-state index contributed by atoms with van der Waals surface area (Å²) in [7, 11) is 3.22. The van der Waals surface area contributed by atoms with Crippen LogP contribution >= 0.6 is 0 Å². The van der Waals surface area contributed by atoms with E-state index in [0.29, 0.717) is 5.41 Å². The molecule has 0 spiro atoms. The Kier molecular flexibility index (Phi) is 1.95. The number of carbonyl (C=O) groups excluding carboxylic acids is 1. The second-order valence-electron chi connectivity index (χ2n) is 6.91. The summed E-state index contributed by atoms with van der Waals surface area (Å²) in [5.74, 6) is 1.36. The lowest BCUT2D eigenvalue weighted by molar-refractivity contribution is -0.144. The molecule has 0 aromatic carbocycles. The van der Waals surface area contributed by atoms with Crippen molar-refractivity contribution >= 4 is 5.97 Å². The van der Waals surface area contributed by atoms with Crippen LogP contribution in [0.4, 0.5) is 0 Å². The summed E-state index contributed by atoms with van der Waals surface area (Å²) in [6, 6.07) is 0. The van der Waals surface area contributed by atoms with Crippen LogP contribution in [-0.4, -0.2) is 25.8 Å². The second kappa shape index (κ2) is 2.87. The molecule has 0 radical (unpaired) electrons. The molecule has 0 unspecified atom stereocenters. The van der Waals surface area contributed by atoms with Gasteiger partial charge in [0.25, 0.3) is 0 Å². The Morgan fingerprint density at radius 3 is 2.24 bits per heavy atom. The van der Waals surface area contributed by atoms with Gasteiger partial charge in [0.15, 0.2) is 0 Å². The Morgan fingerprint density at radius 1 is 1.12 bits per heavy atom. The number of fused-ring (bicyclic) bond motifs is 2. The highest BCUT2D eigenvalue weighted by Crippen LogP contribution is 2.81. The smallest absolute Gasteiger partial charge is 0.312 e. The van der Waals surface area contributed by atoms with Crippen LogP contribution in [0.1, 0.15) is 33.6 Å². The monoisotopic (exact) mass is 238 g/mol. The van der Waals surface area contributed by atoms with Gasteiger partial charge in [0.2, 0.25) is 0 Å². The molecule has 0 aliphatic heterocycles. The lowest BCUT2D eigenvalue weighted by Gasteiger charge is -2.25. The molecule has 5 atom stereocenters. The standard InChI is InChI=1S/C14H22O3/c1-12(2)8-6-13(3)10(11(15)16-4)14(13,17-5)7-9(8)12/h8-10H,6-7H2,1-5H3/t8-,9+,10-,13+,14+/m0/s1. The molecule has 0 amide bonds. The SMILES string of the molecule is COC(=O)[C@H]1[C@@]2(C)C[C@H]3[C@@H](C[C@@]12OC)C3(C)C. The molecule has 3 aliphatic carbocycles. The average molecular weight is 238 g/mol. The molecule has 3 aliphatic rings. The number of carbonyl (C=O) groups is 1. The second-order valence-corrected chi connectivity index (χ2v) is 6.91. The third kappa shape index (κ3) is 1.05. The zero-order valence-corrected chi connectivity index (χ0v) is 11.4. The minimum atomic E-state index is -0.241. The lowest BCUT2D eigenvalue weighted by atomic mass is 9.87. The van der Waals surface area contributed by atoms with Crippen LogP contribution in [0.5, 0.6) is 0 Å². The van der Waals surface area contributed by atoms with Gasteiger partial charge in [-0.1, -0.05) is 20.8 Å². The van der Waals surface area contributed by atoms with E-state index in [0.717, 1.165) is 24.7 Å². The highest BCUT2D eigenvalue weighted by atomic mass is 16.5. The molecule has 0 saturated heterocycles. The molecule has 3 rings (SSSR count). The largest absolute Gasteiger partial charge is 0.469 e. The highest BCUT2D eigenvalue weighted by Gasteiger charge is 2.85. The van der Waals surface area contributed by atoms with Gasteiger partial charge in [0.1, 0.15) is 0 Å². The first-order valence-corrected chi connectivity index (χ1v) is 6.48. The summed E-state index contributed by atoms with van der Waals surface area (Å²) >= 11 is 0. The maximum atomic E-state index is 11.9. The number of hydrogen-bond acceptors (Lipinski definition) is 3. The normalized spacial score (nSPS) is 53.4. The van der Waals surface area contributed by atoms with Gasteiger partial charge in [0, 0.05) is 12.5 Å². The number of rotatable bonds is 2. The Morgan fingerprint density at radius 2 is 1.71 bits per heavy atom. The summed E-state index contributed by atoms with van der Waals surface area (Å²) in [5, 5.41) is 0. The van der Waals surface area contributed by atoms with E-state index < -0.39 is 0 Å². The van der Waals surface area contributed by atoms with Crippen LogP contribution in [0.3, 0.4) is 0 Å². The predicted molar refractivity (Wildman–Crippen MR) is 63.3 cm³/mol. The third-order valence-corrected chi connectivity index (χ3v) is 6.24. The van der Waals surface area contributed by atoms with Crippen molar-refractivity contribution in [3.63, 3.8) is 0 Å². The van der Waals surface area contributed by atoms with Crippen LogP contribution in [-0.2, 0) is 14.3 Å². The molecular weight excluding hydrogens is 216 g/mol. The van der Waals surface area contributed by atoms with Gasteiger partial charge in [-0.2, -0.15) is 0 Å². The lowest BCUT2D eigenvalue weighted by Crippen LogP contribution is -2.27. The minimum Gasteiger partial charge on any atom is -0.469 e. The van der Waals surface area contributed by atoms with Crippen molar-refractivity contribution in [1.82, 2.24) is 0 Å². The molecule has 0 aromatic heterocycles. The average Bonchev–Trinajstić information content (AvgIpc) is 3.04. The Labute approximate surface area is 103 Å². The van der Waals surface area contributed by atoms with Gasteiger partial charge in [-0.3, -0.25) is 4.79 Å². The third-order valence-electron chi connectivity index (χ3n) is 6.24. The molecule has 17 heavy (non-hydrogen) atoms.